The van der Waals surface area contributed by atoms with Crippen LogP contribution < -0.4 is 4.90 Å². The monoisotopic (exact) mass is 431 g/mol. The summed E-state index contributed by atoms with van der Waals surface area (Å²) in [5.74, 6) is -0.867. The molecule has 1 amide bonds. The number of aliphatic hydroxyl groups excluding tert-OH is 1. The van der Waals surface area contributed by atoms with E-state index in [0.29, 0.717) is 19.6 Å². The largest absolute Gasteiger partial charge is 0.478 e. The summed E-state index contributed by atoms with van der Waals surface area (Å²) in [5.41, 5.74) is 1.97. The van der Waals surface area contributed by atoms with Gasteiger partial charge >= 0.3 is 5.97 Å². The van der Waals surface area contributed by atoms with Gasteiger partial charge in [0, 0.05) is 22.4 Å². The van der Waals surface area contributed by atoms with E-state index >= 15 is 0 Å². The van der Waals surface area contributed by atoms with E-state index < -0.39 is 12.1 Å². The van der Waals surface area contributed by atoms with Crippen LogP contribution in [0.4, 0.5) is 5.69 Å². The molecule has 2 N–H and O–H groups in total. The Morgan fingerprint density at radius 2 is 2.07 bits per heavy atom. The minimum absolute atomic E-state index is 0.0447. The first kappa shape index (κ1) is 22.5. The lowest BCUT2D eigenvalue weighted by atomic mass is 10.0. The molecular formula is C23H29NO5S. The number of carbonyl (C=O) groups is 2. The molecule has 0 radical (unpaired) electrons. The molecule has 0 unspecified atom stereocenters. The van der Waals surface area contributed by atoms with Crippen LogP contribution in [-0.4, -0.2) is 34.7 Å². The molecule has 0 saturated carbocycles. The first-order valence-corrected chi connectivity index (χ1v) is 11.4. The van der Waals surface area contributed by atoms with Crippen molar-refractivity contribution >= 4 is 28.9 Å². The van der Waals surface area contributed by atoms with E-state index in [0.717, 1.165) is 48.2 Å². The number of hydrogen-bond acceptors (Lipinski definition) is 5. The molecular weight excluding hydrogens is 402 g/mol. The number of ether oxygens (including phenoxy) is 1. The number of unbranched alkanes of at least 4 members (excludes halogenated alkanes) is 2. The van der Waals surface area contributed by atoms with E-state index in [1.807, 2.05) is 24.3 Å². The fraction of sp³-hybridized carbons (Fsp3) is 0.478. The second-order valence-electron chi connectivity index (χ2n) is 7.68. The van der Waals surface area contributed by atoms with E-state index in [1.165, 1.54) is 11.3 Å². The molecule has 1 aliphatic rings. The Bertz CT molecular complexity index is 848. The van der Waals surface area contributed by atoms with Crippen molar-refractivity contribution in [1.29, 1.82) is 0 Å². The molecule has 2 aromatic rings. The van der Waals surface area contributed by atoms with Gasteiger partial charge in [-0.25, -0.2) is 4.79 Å². The number of hydrogen-bond donors (Lipinski definition) is 2. The van der Waals surface area contributed by atoms with E-state index in [9.17, 15) is 14.7 Å². The molecule has 1 fully saturated rings. The molecule has 3 rings (SSSR count). The molecule has 30 heavy (non-hydrogen) atoms. The average molecular weight is 432 g/mol. The molecule has 2 atom stereocenters. The summed E-state index contributed by atoms with van der Waals surface area (Å²) in [7, 11) is 0. The zero-order chi connectivity index (χ0) is 21.5. The Kier molecular flexibility index (Phi) is 8.01. The number of benzene rings is 1. The van der Waals surface area contributed by atoms with Gasteiger partial charge in [0.1, 0.15) is 0 Å². The molecule has 1 aliphatic heterocycles. The number of amides is 1. The third kappa shape index (κ3) is 5.68. The average Bonchev–Trinajstić information content (AvgIpc) is 3.35. The van der Waals surface area contributed by atoms with Gasteiger partial charge in [-0.1, -0.05) is 38.3 Å². The van der Waals surface area contributed by atoms with Crippen molar-refractivity contribution in [3.05, 3.63) is 51.7 Å². The topological polar surface area (TPSA) is 87.1 Å². The number of aliphatic hydroxyl groups is 1. The van der Waals surface area contributed by atoms with Gasteiger partial charge in [-0.2, -0.15) is 0 Å². The van der Waals surface area contributed by atoms with E-state index in [-0.39, 0.29) is 17.5 Å². The maximum atomic E-state index is 12.4. The summed E-state index contributed by atoms with van der Waals surface area (Å²) in [4.78, 5) is 26.1. The van der Waals surface area contributed by atoms with Gasteiger partial charge in [0.05, 0.1) is 30.9 Å². The van der Waals surface area contributed by atoms with Gasteiger partial charge < -0.3 is 19.8 Å². The Labute approximate surface area is 181 Å². The number of nitrogens with zero attached hydrogens (tertiary/aromatic N) is 1. The van der Waals surface area contributed by atoms with Gasteiger partial charge in [-0.3, -0.25) is 4.79 Å². The third-order valence-electron chi connectivity index (χ3n) is 5.42. The zero-order valence-corrected chi connectivity index (χ0v) is 18.1. The summed E-state index contributed by atoms with van der Waals surface area (Å²) >= 11 is 1.36. The number of anilines is 1. The Balaban J connectivity index is 1.56. The Morgan fingerprint density at radius 1 is 1.30 bits per heavy atom. The Morgan fingerprint density at radius 3 is 2.73 bits per heavy atom. The van der Waals surface area contributed by atoms with Crippen LogP contribution in [0.25, 0.3) is 0 Å². The molecule has 7 heteroatoms. The number of rotatable bonds is 11. The predicted octanol–water partition coefficient (Wildman–Crippen LogP) is 4.77. The molecule has 1 saturated heterocycles. The van der Waals surface area contributed by atoms with Gasteiger partial charge in [0.2, 0.25) is 5.91 Å². The number of carbonyl (C=O) groups excluding carboxylic acids is 1. The Hall–Kier alpha value is -2.22. The van der Waals surface area contributed by atoms with Crippen LogP contribution in [-0.2, 0) is 16.1 Å². The summed E-state index contributed by atoms with van der Waals surface area (Å²) in [6.45, 7) is 2.87. The van der Waals surface area contributed by atoms with Crippen molar-refractivity contribution in [3.8, 4) is 0 Å². The fourth-order valence-corrected chi connectivity index (χ4v) is 4.53. The van der Waals surface area contributed by atoms with Crippen LogP contribution in [0.5, 0.6) is 0 Å². The molecule has 0 spiro atoms. The highest BCUT2D eigenvalue weighted by molar-refractivity contribution is 7.10. The molecule has 162 valence electrons. The molecule has 6 nitrogen and oxygen atoms in total. The number of carboxylic acid groups (broad SMARTS) is 1. The van der Waals surface area contributed by atoms with Crippen molar-refractivity contribution in [1.82, 2.24) is 0 Å². The van der Waals surface area contributed by atoms with Crippen LogP contribution in [0, 0.1) is 0 Å². The minimum Gasteiger partial charge on any atom is -0.478 e. The van der Waals surface area contributed by atoms with Gasteiger partial charge in [-0.15, -0.1) is 11.3 Å². The van der Waals surface area contributed by atoms with Gasteiger partial charge in [0.15, 0.2) is 0 Å². The normalized spacial score (nSPS) is 17.5. The van der Waals surface area contributed by atoms with E-state index in [1.54, 1.807) is 16.3 Å². The maximum absolute atomic E-state index is 12.4. The van der Waals surface area contributed by atoms with Crippen LogP contribution in [0.2, 0.25) is 0 Å². The molecule has 0 aliphatic carbocycles. The number of thiophene rings is 1. The first-order chi connectivity index (χ1) is 14.5. The lowest BCUT2D eigenvalue weighted by Crippen LogP contribution is -2.36. The fourth-order valence-electron chi connectivity index (χ4n) is 3.73. The summed E-state index contributed by atoms with van der Waals surface area (Å²) in [5, 5.41) is 20.9. The summed E-state index contributed by atoms with van der Waals surface area (Å²) in [6, 6.07) is 9.16. The lowest BCUT2D eigenvalue weighted by molar-refractivity contribution is -0.117. The van der Waals surface area contributed by atoms with Gasteiger partial charge in [0.25, 0.3) is 0 Å². The predicted molar refractivity (Wildman–Crippen MR) is 117 cm³/mol. The second kappa shape index (κ2) is 10.7. The van der Waals surface area contributed by atoms with Crippen LogP contribution in [0.1, 0.15) is 72.4 Å². The molecule has 1 aromatic carbocycles. The molecule has 2 heterocycles. The van der Waals surface area contributed by atoms with Crippen molar-refractivity contribution in [2.75, 3.05) is 11.5 Å². The van der Waals surface area contributed by atoms with E-state index in [4.69, 9.17) is 9.84 Å². The molecule has 0 bridgehead atoms. The SMILES string of the molecule is CCCCC[C@@H](O)c1ccc(N2C(=O)CC[C@@H]2COCc2cc(C(=O)O)cs2)cc1. The highest BCUT2D eigenvalue weighted by Gasteiger charge is 2.32. The van der Waals surface area contributed by atoms with Crippen LogP contribution in [0.15, 0.2) is 35.7 Å². The standard InChI is InChI=1S/C23H29NO5S/c1-2-3-4-5-21(25)16-6-8-18(9-7-16)24-19(10-11-22(24)26)13-29-14-20-12-17(15-30-20)23(27)28/h6-9,12,15,19,21,25H,2-5,10-11,13-14H2,1H3,(H,27,28)/t19-,21-/m1/s1. The highest BCUT2D eigenvalue weighted by atomic mass is 32.1. The first-order valence-electron chi connectivity index (χ1n) is 10.5. The lowest BCUT2D eigenvalue weighted by Gasteiger charge is -2.25. The zero-order valence-electron chi connectivity index (χ0n) is 17.3. The van der Waals surface area contributed by atoms with Crippen LogP contribution in [0.3, 0.4) is 0 Å². The van der Waals surface area contributed by atoms with Crippen LogP contribution >= 0.6 is 11.3 Å². The van der Waals surface area contributed by atoms with Crippen molar-refractivity contribution in [2.24, 2.45) is 0 Å². The van der Waals surface area contributed by atoms with Crippen molar-refractivity contribution in [3.63, 3.8) is 0 Å². The van der Waals surface area contributed by atoms with Crippen molar-refractivity contribution < 1.29 is 24.5 Å². The van der Waals surface area contributed by atoms with Gasteiger partial charge in [-0.05, 0) is 36.6 Å². The number of carboxylic acids is 1. The molecule has 1 aromatic heterocycles. The quantitative estimate of drug-likeness (QED) is 0.500. The van der Waals surface area contributed by atoms with Crippen molar-refractivity contribution in [2.45, 2.75) is 64.2 Å². The minimum atomic E-state index is -0.941. The summed E-state index contributed by atoms with van der Waals surface area (Å²) < 4.78 is 5.80. The number of aromatic carboxylic acids is 1. The summed E-state index contributed by atoms with van der Waals surface area (Å²) in [6.07, 6.45) is 4.73. The van der Waals surface area contributed by atoms with E-state index in [2.05, 4.69) is 6.92 Å². The third-order valence-corrected chi connectivity index (χ3v) is 6.33. The maximum Gasteiger partial charge on any atom is 0.336 e. The smallest absolute Gasteiger partial charge is 0.336 e. The second-order valence-corrected chi connectivity index (χ2v) is 8.68. The highest BCUT2D eigenvalue weighted by Crippen LogP contribution is 2.29.